The number of ether oxygens (including phenoxy) is 3. The molecular weight excluding hydrogens is 578 g/mol. The van der Waals surface area contributed by atoms with E-state index in [0.717, 1.165) is 17.7 Å². The van der Waals surface area contributed by atoms with E-state index in [1.54, 1.807) is 36.7 Å². The lowest BCUT2D eigenvalue weighted by Crippen LogP contribution is -2.53. The lowest BCUT2D eigenvalue weighted by Gasteiger charge is -2.33. The number of aliphatic imine (C=N–C) groups is 1. The van der Waals surface area contributed by atoms with E-state index in [9.17, 15) is 31.4 Å². The van der Waals surface area contributed by atoms with Crippen molar-refractivity contribution >= 4 is 6.34 Å². The van der Waals surface area contributed by atoms with E-state index in [-0.39, 0.29) is 31.1 Å². The van der Waals surface area contributed by atoms with E-state index in [2.05, 4.69) is 4.90 Å². The molecule has 0 fully saturated rings. The molecule has 0 radical (unpaired) electrons. The summed E-state index contributed by atoms with van der Waals surface area (Å²) in [6.45, 7) is 3.73. The van der Waals surface area contributed by atoms with Crippen LogP contribution in [0.15, 0.2) is 71.7 Å². The zero-order valence-corrected chi connectivity index (χ0v) is 23.2. The molecule has 1 N–H and O–H groups in total. The molecule has 0 spiro atoms. The van der Waals surface area contributed by atoms with Crippen molar-refractivity contribution in [3.05, 3.63) is 89.0 Å². The van der Waals surface area contributed by atoms with Crippen LogP contribution in [-0.2, 0) is 17.6 Å². The molecule has 1 atom stereocenters. The van der Waals surface area contributed by atoms with Crippen LogP contribution in [0.3, 0.4) is 0 Å². The number of fused-ring (bicyclic) bond motifs is 1. The zero-order valence-electron chi connectivity index (χ0n) is 23.2. The van der Waals surface area contributed by atoms with Gasteiger partial charge in [0.25, 0.3) is 5.60 Å². The van der Waals surface area contributed by atoms with Crippen LogP contribution in [0.5, 0.6) is 17.2 Å². The molecule has 0 saturated carbocycles. The molecule has 2 aliphatic heterocycles. The van der Waals surface area contributed by atoms with Gasteiger partial charge < -0.3 is 24.2 Å². The Morgan fingerprint density at radius 2 is 1.63 bits per heavy atom. The predicted octanol–water partition coefficient (Wildman–Crippen LogP) is 6.74. The van der Waals surface area contributed by atoms with Gasteiger partial charge in [0.1, 0.15) is 11.3 Å². The Kier molecular flexibility index (Phi) is 8.26. The Hall–Kier alpha value is -3.93. The number of benzene rings is 3. The van der Waals surface area contributed by atoms with Crippen LogP contribution in [0.25, 0.3) is 0 Å². The molecule has 2 heterocycles. The number of aliphatic hydroxyl groups is 1. The fraction of sp³-hybridized carbons (Fsp3) is 0.387. The molecule has 0 aliphatic carbocycles. The van der Waals surface area contributed by atoms with Gasteiger partial charge in [0.15, 0.2) is 11.5 Å². The van der Waals surface area contributed by atoms with Gasteiger partial charge in [0.05, 0.1) is 12.9 Å². The van der Waals surface area contributed by atoms with Crippen LogP contribution in [0.1, 0.15) is 42.0 Å². The van der Waals surface area contributed by atoms with Crippen molar-refractivity contribution in [1.82, 2.24) is 4.90 Å². The Balaban J connectivity index is 1.22. The monoisotopic (exact) mass is 608 g/mol. The Morgan fingerprint density at radius 3 is 2.35 bits per heavy atom. The van der Waals surface area contributed by atoms with Gasteiger partial charge in [0.2, 0.25) is 6.79 Å². The third-order valence-electron chi connectivity index (χ3n) is 7.64. The van der Waals surface area contributed by atoms with Gasteiger partial charge in [-0.2, -0.15) is 26.3 Å². The van der Waals surface area contributed by atoms with Crippen molar-refractivity contribution in [2.75, 3.05) is 26.5 Å². The molecule has 6 nitrogen and oxygen atoms in total. The Bertz CT molecular complexity index is 1450. The molecule has 0 amide bonds. The number of rotatable bonds is 10. The van der Waals surface area contributed by atoms with Crippen molar-refractivity contribution in [3.63, 3.8) is 0 Å². The molecule has 0 saturated heterocycles. The van der Waals surface area contributed by atoms with E-state index >= 15 is 0 Å². The summed E-state index contributed by atoms with van der Waals surface area (Å²) in [4.78, 5) is 6.78. The molecular formula is C31H30F6N2O4. The zero-order chi connectivity index (χ0) is 30.9. The summed E-state index contributed by atoms with van der Waals surface area (Å²) in [7, 11) is 0. The van der Waals surface area contributed by atoms with Crippen molar-refractivity contribution < 1.29 is 45.7 Å². The summed E-state index contributed by atoms with van der Waals surface area (Å²) >= 11 is 0. The van der Waals surface area contributed by atoms with E-state index in [1.165, 1.54) is 0 Å². The van der Waals surface area contributed by atoms with Crippen molar-refractivity contribution in [3.8, 4) is 17.2 Å². The van der Waals surface area contributed by atoms with Gasteiger partial charge >= 0.3 is 12.4 Å². The maximum Gasteiger partial charge on any atom is 0.430 e. The highest BCUT2D eigenvalue weighted by Crippen LogP contribution is 2.50. The second-order valence-corrected chi connectivity index (χ2v) is 10.8. The first-order chi connectivity index (χ1) is 20.3. The van der Waals surface area contributed by atoms with Crippen LogP contribution < -0.4 is 14.2 Å². The van der Waals surface area contributed by atoms with Crippen LogP contribution in [0, 0.1) is 0 Å². The van der Waals surface area contributed by atoms with Gasteiger partial charge in [-0.25, -0.2) is 0 Å². The fourth-order valence-corrected chi connectivity index (χ4v) is 5.21. The van der Waals surface area contributed by atoms with Gasteiger partial charge in [-0.05, 0) is 60.7 Å². The van der Waals surface area contributed by atoms with Gasteiger partial charge in [0, 0.05) is 25.1 Å². The highest BCUT2D eigenvalue weighted by Gasteiger charge is 2.71. The Morgan fingerprint density at radius 1 is 0.907 bits per heavy atom. The maximum atomic E-state index is 13.5. The van der Waals surface area contributed by atoms with Gasteiger partial charge in [-0.3, -0.25) is 4.99 Å². The predicted molar refractivity (Wildman–Crippen MR) is 146 cm³/mol. The summed E-state index contributed by atoms with van der Waals surface area (Å²) in [5.74, 6) is 1.53. The molecule has 0 bridgehead atoms. The second kappa shape index (κ2) is 11.6. The van der Waals surface area contributed by atoms with Crippen LogP contribution in [-0.4, -0.2) is 55.2 Å². The molecule has 12 heteroatoms. The molecule has 2 aliphatic rings. The summed E-state index contributed by atoms with van der Waals surface area (Å²) in [6.07, 6.45) is -8.86. The van der Waals surface area contributed by atoms with Crippen LogP contribution >= 0.6 is 0 Å². The van der Waals surface area contributed by atoms with Gasteiger partial charge in [-0.15, -0.1) is 0 Å². The third-order valence-corrected chi connectivity index (χ3v) is 7.64. The number of hydrogen-bond donors (Lipinski definition) is 1. The molecule has 5 rings (SSSR count). The SMILES string of the molecule is CC1(c2ccc3c(c2)OCO3)CN(CCCCOc2ccc(C(O)(C(F)(F)F)C(F)(F)F)cc2Cc2ccccc2)C=N1. The average molecular weight is 609 g/mol. The van der Waals surface area contributed by atoms with Crippen molar-refractivity contribution in [2.24, 2.45) is 4.99 Å². The summed E-state index contributed by atoms with van der Waals surface area (Å²) in [5.41, 5.74) is -5.04. The molecule has 1 unspecified atom stereocenters. The first-order valence-corrected chi connectivity index (χ1v) is 13.7. The first-order valence-electron chi connectivity index (χ1n) is 13.7. The summed E-state index contributed by atoms with van der Waals surface area (Å²) < 4.78 is 97.9. The maximum absolute atomic E-state index is 13.5. The lowest BCUT2D eigenvalue weighted by atomic mass is 9.89. The van der Waals surface area contributed by atoms with E-state index < -0.39 is 29.1 Å². The minimum absolute atomic E-state index is 0.0124. The van der Waals surface area contributed by atoms with Crippen LogP contribution in [0.4, 0.5) is 26.3 Å². The van der Waals surface area contributed by atoms with E-state index in [1.807, 2.05) is 25.1 Å². The largest absolute Gasteiger partial charge is 0.493 e. The molecule has 0 aromatic heterocycles. The third kappa shape index (κ3) is 6.24. The van der Waals surface area contributed by atoms with Crippen molar-refractivity contribution in [2.45, 2.75) is 49.7 Å². The second-order valence-electron chi connectivity index (χ2n) is 10.8. The number of halogens is 6. The average Bonchev–Trinajstić information content (AvgIpc) is 3.59. The lowest BCUT2D eigenvalue weighted by molar-refractivity contribution is -0.376. The number of nitrogens with zero attached hydrogens (tertiary/aromatic N) is 2. The molecule has 230 valence electrons. The minimum Gasteiger partial charge on any atom is -0.493 e. The summed E-state index contributed by atoms with van der Waals surface area (Å²) in [5, 5.41) is 9.92. The topological polar surface area (TPSA) is 63.5 Å². The quantitative estimate of drug-likeness (QED) is 0.204. The highest BCUT2D eigenvalue weighted by atomic mass is 19.4. The molecule has 3 aromatic rings. The number of unbranched alkanes of at least 4 members (excludes halogenated alkanes) is 1. The normalized spacial score (nSPS) is 18.4. The molecule has 3 aromatic carbocycles. The fourth-order valence-electron chi connectivity index (χ4n) is 5.21. The van der Waals surface area contributed by atoms with Gasteiger partial charge in [-0.1, -0.05) is 42.5 Å². The van der Waals surface area contributed by atoms with Crippen molar-refractivity contribution in [1.29, 1.82) is 0 Å². The minimum atomic E-state index is -5.98. The summed E-state index contributed by atoms with van der Waals surface area (Å²) in [6, 6.07) is 16.7. The highest BCUT2D eigenvalue weighted by molar-refractivity contribution is 5.60. The Labute approximate surface area is 244 Å². The van der Waals surface area contributed by atoms with E-state index in [4.69, 9.17) is 19.2 Å². The number of alkyl halides is 6. The molecule has 43 heavy (non-hydrogen) atoms. The van der Waals surface area contributed by atoms with E-state index in [0.29, 0.717) is 49.1 Å². The first kappa shape index (κ1) is 30.5. The number of hydrogen-bond acceptors (Lipinski definition) is 6. The smallest absolute Gasteiger partial charge is 0.430 e. The van der Waals surface area contributed by atoms with Crippen LogP contribution in [0.2, 0.25) is 0 Å². The standard InChI is InChI=1S/C31H30F6N2O4/c1-28(23-9-12-26-27(17-23)43-20-42-26)18-39(19-38-28)13-5-6-14-41-25-11-10-24(29(40,30(32,33)34)31(35,36)37)16-22(25)15-21-7-3-2-4-8-21/h2-4,7-12,16-17,19,40H,5-6,13-15,18,20H2,1H3.